The summed E-state index contributed by atoms with van der Waals surface area (Å²) in [6.07, 6.45) is 5.78. The molecule has 6 nitrogen and oxygen atoms in total. The molecule has 2 aromatic heterocycles. The van der Waals surface area contributed by atoms with Crippen molar-refractivity contribution in [3.63, 3.8) is 0 Å². The number of ether oxygens (including phenoxy) is 1. The second-order valence-electron chi connectivity index (χ2n) is 11.7. The van der Waals surface area contributed by atoms with Gasteiger partial charge in [0, 0.05) is 44.6 Å². The van der Waals surface area contributed by atoms with Crippen molar-refractivity contribution in [2.45, 2.75) is 0 Å². The number of nitrogens with zero attached hydrogens (tertiary/aromatic N) is 5. The predicted octanol–water partition coefficient (Wildman–Crippen LogP) is 6.85. The van der Waals surface area contributed by atoms with E-state index in [-0.39, 0.29) is 27.8 Å². The molecule has 8 rings (SSSR count). The third kappa shape index (κ3) is 6.78. The average molecular weight is 828 g/mol. The number of rotatable bonds is 9. The van der Waals surface area contributed by atoms with Crippen LogP contribution in [0.1, 0.15) is 0 Å². The zero-order chi connectivity index (χ0) is 33.0. The van der Waals surface area contributed by atoms with E-state index in [1.807, 2.05) is 91.7 Å². The van der Waals surface area contributed by atoms with Crippen LogP contribution in [0.5, 0.6) is 11.6 Å². The summed E-state index contributed by atoms with van der Waals surface area (Å²) in [4.78, 5) is 8.49. The monoisotopic (exact) mass is 827 g/mol. The molecule has 0 saturated heterocycles. The molecule has 7 aromatic rings. The normalized spacial score (nSPS) is 12.1. The minimum atomic E-state index is -0.334. The van der Waals surface area contributed by atoms with E-state index in [0.29, 0.717) is 11.6 Å². The van der Waals surface area contributed by atoms with Crippen molar-refractivity contribution >= 4 is 28.8 Å². The van der Waals surface area contributed by atoms with E-state index in [9.17, 15) is 0 Å². The van der Waals surface area contributed by atoms with E-state index in [0.717, 1.165) is 50.3 Å². The molecule has 5 aromatic carbocycles. The molecular formula is C42H31BN5OPt-3. The van der Waals surface area contributed by atoms with Crippen LogP contribution >= 0.6 is 0 Å². The van der Waals surface area contributed by atoms with Crippen LogP contribution in [0, 0.1) is 18.8 Å². The van der Waals surface area contributed by atoms with Crippen molar-refractivity contribution in [3.05, 3.63) is 183 Å². The maximum Gasteiger partial charge on any atom is 0.216 e. The van der Waals surface area contributed by atoms with Gasteiger partial charge in [-0.05, 0) is 48.7 Å². The summed E-state index contributed by atoms with van der Waals surface area (Å²) in [6.45, 7) is 1.70. The molecule has 1 aliphatic rings. The van der Waals surface area contributed by atoms with E-state index in [1.165, 1.54) is 0 Å². The fraction of sp³-hybridized carbons (Fsp3) is 0.0238. The molecule has 0 amide bonds. The summed E-state index contributed by atoms with van der Waals surface area (Å²) in [7, 11) is 2.02. The Kier molecular flexibility index (Phi) is 9.77. The molecule has 0 unspecified atom stereocenters. The minimum Gasteiger partial charge on any atom is -0.510 e. The van der Waals surface area contributed by atoms with Crippen LogP contribution in [0.25, 0.3) is 28.2 Å². The second-order valence-corrected chi connectivity index (χ2v) is 11.7. The number of para-hydroxylation sites is 1. The van der Waals surface area contributed by atoms with Crippen LogP contribution in [0.4, 0.5) is 5.69 Å². The van der Waals surface area contributed by atoms with Gasteiger partial charge in [-0.3, -0.25) is 0 Å². The van der Waals surface area contributed by atoms with Crippen molar-refractivity contribution in [1.82, 2.24) is 19.7 Å². The Hall–Kier alpha value is -5.65. The van der Waals surface area contributed by atoms with Gasteiger partial charge in [-0.15, -0.1) is 17.8 Å². The van der Waals surface area contributed by atoms with Crippen molar-refractivity contribution in [2.75, 3.05) is 11.9 Å². The Morgan fingerprint density at radius 2 is 1.32 bits per heavy atom. The van der Waals surface area contributed by atoms with Gasteiger partial charge in [0.25, 0.3) is 0 Å². The molecule has 0 atom stereocenters. The maximum atomic E-state index is 6.24. The topological polar surface area (TPSA) is 46.4 Å². The molecule has 8 heteroatoms. The number of hydrogen-bond donors (Lipinski definition) is 0. The van der Waals surface area contributed by atoms with Gasteiger partial charge >= 0.3 is 0 Å². The summed E-state index contributed by atoms with van der Waals surface area (Å²) in [5, 5.41) is 5.41. The zero-order valence-corrected chi connectivity index (χ0v) is 29.5. The summed E-state index contributed by atoms with van der Waals surface area (Å²) in [6, 6.07) is 56.6. The van der Waals surface area contributed by atoms with Crippen molar-refractivity contribution in [1.29, 1.82) is 0 Å². The van der Waals surface area contributed by atoms with Gasteiger partial charge in [-0.25, -0.2) is 9.67 Å². The third-order valence-electron chi connectivity index (χ3n) is 8.42. The second kappa shape index (κ2) is 14.9. The van der Waals surface area contributed by atoms with Crippen molar-refractivity contribution in [3.8, 4) is 39.8 Å². The maximum absolute atomic E-state index is 6.24. The Bertz CT molecular complexity index is 2210. The standard InChI is InChI=1S/C42H31BN5O.Pt/c1-46-27-28-47(31-46)37-23-13-19-34(29-37)43(35-20-14-24-38(30-35)49-39-25-11-12-26-44-39)40-41(32-15-5-2-6-16-32)45-48(36-21-9-4-10-22-36)42(40)33-17-7-3-8-18-33;/h2-28,31H,1H3;/q-3;. The molecule has 0 bridgehead atoms. The molecule has 1 aliphatic heterocycles. The largest absolute Gasteiger partial charge is 0.510 e. The fourth-order valence-corrected chi connectivity index (χ4v) is 6.22. The van der Waals surface area contributed by atoms with Crippen molar-refractivity contribution < 1.29 is 25.8 Å². The Morgan fingerprint density at radius 3 is 2.00 bits per heavy atom. The first-order valence-electron chi connectivity index (χ1n) is 16.2. The van der Waals surface area contributed by atoms with Gasteiger partial charge in [0.1, 0.15) is 0 Å². The Balaban J connectivity index is 0.00000392. The molecule has 0 saturated carbocycles. The summed E-state index contributed by atoms with van der Waals surface area (Å²) in [5.41, 5.74) is 8.77. The van der Waals surface area contributed by atoms with Gasteiger partial charge in [0.05, 0.1) is 17.1 Å². The SMILES string of the molecule is CN1C=CN(c2[c-]c(B(c3[c-]c(Oc4ccccn4)ccc3)c3c(-c4ccccc4)nn(-c4ccccc4)c3-c3ccccc3)ccc2)[CH-]1.[Pt]. The number of anilines is 1. The third-order valence-corrected chi connectivity index (χ3v) is 8.42. The molecule has 0 radical (unpaired) electrons. The van der Waals surface area contributed by atoms with Crippen molar-refractivity contribution in [2.24, 2.45) is 0 Å². The average Bonchev–Trinajstić information content (AvgIpc) is 3.78. The summed E-state index contributed by atoms with van der Waals surface area (Å²) < 4.78 is 8.31. The molecule has 0 fully saturated rings. The number of pyridine rings is 1. The first kappa shape index (κ1) is 32.9. The number of benzene rings is 5. The molecule has 0 N–H and O–H groups in total. The van der Waals surface area contributed by atoms with Crippen LogP contribution in [-0.4, -0.2) is 33.4 Å². The van der Waals surface area contributed by atoms with E-state index in [4.69, 9.17) is 9.84 Å². The predicted molar refractivity (Wildman–Crippen MR) is 198 cm³/mol. The van der Waals surface area contributed by atoms with Crippen LogP contribution < -0.4 is 26.0 Å². The first-order valence-corrected chi connectivity index (χ1v) is 16.2. The molecule has 0 aliphatic carbocycles. The number of hydrogen-bond acceptors (Lipinski definition) is 5. The quantitative estimate of drug-likeness (QED) is 0.118. The van der Waals surface area contributed by atoms with Crippen LogP contribution in [0.15, 0.2) is 164 Å². The molecule has 50 heavy (non-hydrogen) atoms. The van der Waals surface area contributed by atoms with Gasteiger partial charge in [0.15, 0.2) is 6.71 Å². The molecule has 246 valence electrons. The summed E-state index contributed by atoms with van der Waals surface area (Å²) >= 11 is 0. The van der Waals surface area contributed by atoms with E-state index in [1.54, 1.807) is 6.20 Å². The Labute approximate surface area is 307 Å². The fourth-order valence-electron chi connectivity index (χ4n) is 6.22. The smallest absolute Gasteiger partial charge is 0.216 e. The number of aromatic nitrogens is 3. The minimum absolute atomic E-state index is 0. The van der Waals surface area contributed by atoms with Crippen LogP contribution in [-0.2, 0) is 21.1 Å². The van der Waals surface area contributed by atoms with Crippen LogP contribution in [0.2, 0.25) is 0 Å². The van der Waals surface area contributed by atoms with Gasteiger partial charge < -0.3 is 14.5 Å². The van der Waals surface area contributed by atoms with Gasteiger partial charge in [0.2, 0.25) is 5.88 Å². The molecule has 3 heterocycles. The summed E-state index contributed by atoms with van der Waals surface area (Å²) in [5.74, 6) is 1.08. The zero-order valence-electron chi connectivity index (χ0n) is 27.2. The Morgan fingerprint density at radius 1 is 0.660 bits per heavy atom. The van der Waals surface area contributed by atoms with E-state index < -0.39 is 0 Å². The molecular weight excluding hydrogens is 796 g/mol. The van der Waals surface area contributed by atoms with Crippen LogP contribution in [0.3, 0.4) is 0 Å². The van der Waals surface area contributed by atoms with Gasteiger partial charge in [-0.2, -0.15) is 59.1 Å². The first-order chi connectivity index (χ1) is 24.2. The van der Waals surface area contributed by atoms with E-state index >= 15 is 0 Å². The molecule has 0 spiro atoms. The van der Waals surface area contributed by atoms with Gasteiger partial charge in [-0.1, -0.05) is 84.9 Å². The van der Waals surface area contributed by atoms with E-state index in [2.05, 4.69) is 112 Å².